The highest BCUT2D eigenvalue weighted by Gasteiger charge is 2.25. The molecule has 0 radical (unpaired) electrons. The van der Waals surface area contributed by atoms with Crippen molar-refractivity contribution in [2.45, 2.75) is 59.7 Å². The fourth-order valence-corrected chi connectivity index (χ4v) is 2.38. The van der Waals surface area contributed by atoms with E-state index in [1.54, 1.807) is 0 Å². The molecular weight excluding hydrogens is 248 g/mol. The second-order valence-corrected chi connectivity index (χ2v) is 6.86. The number of hydrogen-bond acceptors (Lipinski definition) is 3. The van der Waals surface area contributed by atoms with Crippen molar-refractivity contribution in [1.82, 2.24) is 10.2 Å². The number of furan rings is 1. The first kappa shape index (κ1) is 15.6. The highest BCUT2D eigenvalue weighted by Crippen LogP contribution is 2.30. The number of nitrogens with one attached hydrogen (secondary N) is 1. The summed E-state index contributed by atoms with van der Waals surface area (Å²) < 4.78 is 5.94. The molecule has 114 valence electrons. The Morgan fingerprint density at radius 3 is 2.50 bits per heavy atom. The summed E-state index contributed by atoms with van der Waals surface area (Å²) in [4.78, 5) is 2.53. The average Bonchev–Trinajstić information content (AvgIpc) is 3.07. The normalized spacial score (nSPS) is 15.8. The van der Waals surface area contributed by atoms with E-state index in [2.05, 4.69) is 50.0 Å². The summed E-state index contributed by atoms with van der Waals surface area (Å²) in [6, 6.07) is 4.83. The molecular formula is C17H30N2O. The van der Waals surface area contributed by atoms with Crippen molar-refractivity contribution in [3.8, 4) is 0 Å². The van der Waals surface area contributed by atoms with Crippen molar-refractivity contribution in [3.63, 3.8) is 0 Å². The van der Waals surface area contributed by atoms with E-state index in [0.29, 0.717) is 12.0 Å². The van der Waals surface area contributed by atoms with Gasteiger partial charge in [-0.3, -0.25) is 4.90 Å². The van der Waals surface area contributed by atoms with E-state index in [4.69, 9.17) is 4.42 Å². The first-order valence-corrected chi connectivity index (χ1v) is 8.07. The van der Waals surface area contributed by atoms with Gasteiger partial charge in [-0.25, -0.2) is 0 Å². The summed E-state index contributed by atoms with van der Waals surface area (Å²) in [5.74, 6) is 3.76. The largest absolute Gasteiger partial charge is 0.463 e. The second-order valence-electron chi connectivity index (χ2n) is 6.86. The molecule has 2 rings (SSSR count). The number of rotatable bonds is 9. The Kier molecular flexibility index (Phi) is 5.67. The molecule has 1 aliphatic carbocycles. The van der Waals surface area contributed by atoms with E-state index in [-0.39, 0.29) is 0 Å². The van der Waals surface area contributed by atoms with E-state index in [1.807, 2.05) is 0 Å². The maximum absolute atomic E-state index is 5.94. The van der Waals surface area contributed by atoms with E-state index in [0.717, 1.165) is 37.1 Å². The topological polar surface area (TPSA) is 28.4 Å². The Morgan fingerprint density at radius 1 is 1.20 bits per heavy atom. The SMILES string of the molecule is CC(C)CNCc1ccc(CN(CC2CC2)C(C)C)o1. The van der Waals surface area contributed by atoms with Gasteiger partial charge >= 0.3 is 0 Å². The van der Waals surface area contributed by atoms with Crippen LogP contribution in [0.25, 0.3) is 0 Å². The van der Waals surface area contributed by atoms with E-state index in [9.17, 15) is 0 Å². The predicted octanol–water partition coefficient (Wildman–Crippen LogP) is 3.65. The molecule has 3 heteroatoms. The zero-order valence-corrected chi connectivity index (χ0v) is 13.5. The molecule has 0 saturated heterocycles. The van der Waals surface area contributed by atoms with Crippen LogP contribution in [0.1, 0.15) is 52.1 Å². The van der Waals surface area contributed by atoms with E-state index < -0.39 is 0 Å². The van der Waals surface area contributed by atoms with Crippen LogP contribution in [0.5, 0.6) is 0 Å². The van der Waals surface area contributed by atoms with E-state index in [1.165, 1.54) is 19.4 Å². The lowest BCUT2D eigenvalue weighted by molar-refractivity contribution is 0.187. The molecule has 1 heterocycles. The molecule has 20 heavy (non-hydrogen) atoms. The lowest BCUT2D eigenvalue weighted by Gasteiger charge is -2.25. The lowest BCUT2D eigenvalue weighted by Crippen LogP contribution is -2.32. The molecule has 1 fully saturated rings. The van der Waals surface area contributed by atoms with Gasteiger partial charge in [-0.05, 0) is 57.2 Å². The molecule has 1 aliphatic rings. The molecule has 1 saturated carbocycles. The van der Waals surface area contributed by atoms with Gasteiger partial charge in [0.1, 0.15) is 11.5 Å². The van der Waals surface area contributed by atoms with Crippen LogP contribution >= 0.6 is 0 Å². The van der Waals surface area contributed by atoms with Gasteiger partial charge in [0.05, 0.1) is 13.1 Å². The standard InChI is InChI=1S/C17H30N2O/c1-13(2)9-18-10-16-7-8-17(20-16)12-19(14(3)4)11-15-5-6-15/h7-8,13-15,18H,5-6,9-12H2,1-4H3. The summed E-state index contributed by atoms with van der Waals surface area (Å²) in [6.07, 6.45) is 2.82. The summed E-state index contributed by atoms with van der Waals surface area (Å²) in [7, 11) is 0. The number of hydrogen-bond donors (Lipinski definition) is 1. The van der Waals surface area contributed by atoms with Crippen molar-refractivity contribution in [2.75, 3.05) is 13.1 Å². The summed E-state index contributed by atoms with van der Waals surface area (Å²) in [5.41, 5.74) is 0. The molecule has 0 spiro atoms. The van der Waals surface area contributed by atoms with E-state index >= 15 is 0 Å². The van der Waals surface area contributed by atoms with Gasteiger partial charge in [-0.15, -0.1) is 0 Å². The predicted molar refractivity (Wildman–Crippen MR) is 83.5 cm³/mol. The third-order valence-electron chi connectivity index (χ3n) is 3.85. The molecule has 0 amide bonds. The minimum Gasteiger partial charge on any atom is -0.463 e. The average molecular weight is 278 g/mol. The Labute approximate surface area is 123 Å². The van der Waals surface area contributed by atoms with Crippen molar-refractivity contribution < 1.29 is 4.42 Å². The number of nitrogens with zero attached hydrogens (tertiary/aromatic N) is 1. The third-order valence-corrected chi connectivity index (χ3v) is 3.85. The van der Waals surface area contributed by atoms with Gasteiger partial charge in [0.25, 0.3) is 0 Å². The Bertz CT molecular complexity index is 393. The van der Waals surface area contributed by atoms with Crippen LogP contribution in [-0.2, 0) is 13.1 Å². The Hall–Kier alpha value is -0.800. The van der Waals surface area contributed by atoms with Crippen molar-refractivity contribution in [2.24, 2.45) is 11.8 Å². The molecule has 0 bridgehead atoms. The van der Waals surface area contributed by atoms with Crippen LogP contribution in [0.3, 0.4) is 0 Å². The maximum Gasteiger partial charge on any atom is 0.118 e. The van der Waals surface area contributed by atoms with Crippen LogP contribution in [0.4, 0.5) is 0 Å². The first-order valence-electron chi connectivity index (χ1n) is 8.07. The molecule has 3 nitrogen and oxygen atoms in total. The van der Waals surface area contributed by atoms with Gasteiger partial charge in [0, 0.05) is 12.6 Å². The zero-order valence-electron chi connectivity index (χ0n) is 13.5. The molecule has 1 aromatic heterocycles. The van der Waals surface area contributed by atoms with Crippen molar-refractivity contribution in [3.05, 3.63) is 23.7 Å². The summed E-state index contributed by atoms with van der Waals surface area (Å²) >= 11 is 0. The van der Waals surface area contributed by atoms with Gasteiger partial charge in [-0.2, -0.15) is 0 Å². The Balaban J connectivity index is 1.80. The molecule has 1 aromatic rings. The highest BCUT2D eigenvalue weighted by atomic mass is 16.3. The zero-order chi connectivity index (χ0) is 14.5. The fraction of sp³-hybridized carbons (Fsp3) is 0.765. The molecule has 1 N–H and O–H groups in total. The summed E-state index contributed by atoms with van der Waals surface area (Å²) in [6.45, 7) is 13.0. The minimum atomic E-state index is 0.586. The van der Waals surface area contributed by atoms with Crippen LogP contribution in [-0.4, -0.2) is 24.0 Å². The molecule has 0 unspecified atom stereocenters. The second kappa shape index (κ2) is 7.28. The molecule has 0 atom stereocenters. The van der Waals surface area contributed by atoms with Gasteiger partial charge in [-0.1, -0.05) is 13.8 Å². The smallest absolute Gasteiger partial charge is 0.118 e. The van der Waals surface area contributed by atoms with Crippen LogP contribution in [0.2, 0.25) is 0 Å². The van der Waals surface area contributed by atoms with Crippen molar-refractivity contribution in [1.29, 1.82) is 0 Å². The Morgan fingerprint density at radius 2 is 1.90 bits per heavy atom. The highest BCUT2D eigenvalue weighted by molar-refractivity contribution is 5.07. The molecule has 0 aromatic carbocycles. The van der Waals surface area contributed by atoms with Crippen molar-refractivity contribution >= 4 is 0 Å². The van der Waals surface area contributed by atoms with Gasteiger partial charge in [0.2, 0.25) is 0 Å². The fourth-order valence-electron chi connectivity index (χ4n) is 2.38. The van der Waals surface area contributed by atoms with Gasteiger partial charge < -0.3 is 9.73 Å². The monoisotopic (exact) mass is 278 g/mol. The minimum absolute atomic E-state index is 0.586. The first-order chi connectivity index (χ1) is 9.54. The molecule has 0 aliphatic heterocycles. The lowest BCUT2D eigenvalue weighted by atomic mass is 10.2. The van der Waals surface area contributed by atoms with Crippen LogP contribution in [0.15, 0.2) is 16.5 Å². The third kappa shape index (κ3) is 5.29. The summed E-state index contributed by atoms with van der Waals surface area (Å²) in [5, 5.41) is 3.43. The van der Waals surface area contributed by atoms with Gasteiger partial charge in [0.15, 0.2) is 0 Å². The quantitative estimate of drug-likeness (QED) is 0.747. The maximum atomic E-state index is 5.94. The van der Waals surface area contributed by atoms with Crippen LogP contribution in [0, 0.1) is 11.8 Å². The van der Waals surface area contributed by atoms with Crippen LogP contribution < -0.4 is 5.32 Å².